The Bertz CT molecular complexity index is 1610. The highest BCUT2D eigenvalue weighted by atomic mass is 16.5. The fraction of sp³-hybridized carbons (Fsp3) is 0.281. The molecule has 0 bridgehead atoms. The van der Waals surface area contributed by atoms with E-state index in [0.29, 0.717) is 38.2 Å². The molecule has 1 unspecified atom stereocenters. The second kappa shape index (κ2) is 11.1. The monoisotopic (exact) mass is 552 g/mol. The molecule has 41 heavy (non-hydrogen) atoms. The molecule has 3 amide bonds. The number of rotatable bonds is 8. The number of piperazine rings is 1. The van der Waals surface area contributed by atoms with Gasteiger partial charge in [0, 0.05) is 41.7 Å². The lowest BCUT2D eigenvalue weighted by Gasteiger charge is -2.43. The van der Waals surface area contributed by atoms with Crippen molar-refractivity contribution in [2.75, 3.05) is 13.1 Å². The van der Waals surface area contributed by atoms with Crippen molar-refractivity contribution in [2.24, 2.45) is 0 Å². The molecule has 4 aromatic rings. The summed E-state index contributed by atoms with van der Waals surface area (Å²) >= 11 is 0. The molecule has 2 aliphatic rings. The van der Waals surface area contributed by atoms with Gasteiger partial charge in [-0.3, -0.25) is 19.6 Å². The average molecular weight is 553 g/mol. The van der Waals surface area contributed by atoms with Crippen LogP contribution in [0.2, 0.25) is 0 Å². The van der Waals surface area contributed by atoms with Gasteiger partial charge in [0.2, 0.25) is 11.8 Å². The smallest absolute Gasteiger partial charge is 0.274 e. The minimum absolute atomic E-state index is 0.00670. The molecule has 1 atom stereocenters. The number of carbonyl (C=O) groups excluding carboxylic acids is 3. The maximum absolute atomic E-state index is 13.4. The molecule has 0 radical (unpaired) electrons. The van der Waals surface area contributed by atoms with Crippen LogP contribution in [0.15, 0.2) is 72.8 Å². The molecule has 9 heteroatoms. The summed E-state index contributed by atoms with van der Waals surface area (Å²) in [5.74, 6) is 0.144. The zero-order valence-corrected chi connectivity index (χ0v) is 22.9. The van der Waals surface area contributed by atoms with E-state index in [9.17, 15) is 14.4 Å². The summed E-state index contributed by atoms with van der Waals surface area (Å²) in [7, 11) is 0. The quantitative estimate of drug-likeness (QED) is 0.255. The second-order valence-electron chi connectivity index (χ2n) is 10.6. The number of hydrogen-bond acceptors (Lipinski definition) is 5. The van der Waals surface area contributed by atoms with Gasteiger partial charge in [0.05, 0.1) is 13.1 Å². The zero-order chi connectivity index (χ0) is 28.5. The highest BCUT2D eigenvalue weighted by Gasteiger charge is 2.43. The number of hydrogen-bond donors (Lipinski definition) is 2. The Morgan fingerprint density at radius 2 is 1.78 bits per heavy atom. The summed E-state index contributed by atoms with van der Waals surface area (Å²) in [6.07, 6.45) is 1.25. The SMILES string of the molecule is CCCN1CC(=O)N2Cc3c(c4cc(OCc5ccccc5)ccc4n3Cc3ccc(C(=O)NO)cc3)CC2C1=O. The van der Waals surface area contributed by atoms with Crippen LogP contribution in [0.25, 0.3) is 10.9 Å². The molecular formula is C32H32N4O5. The third-order valence-electron chi connectivity index (χ3n) is 8.00. The number of nitrogens with one attached hydrogen (secondary N) is 1. The van der Waals surface area contributed by atoms with Gasteiger partial charge in [-0.25, -0.2) is 5.48 Å². The topological polar surface area (TPSA) is 104 Å². The predicted molar refractivity (Wildman–Crippen MR) is 152 cm³/mol. The zero-order valence-electron chi connectivity index (χ0n) is 22.9. The summed E-state index contributed by atoms with van der Waals surface area (Å²) < 4.78 is 8.35. The number of benzene rings is 3. The van der Waals surface area contributed by atoms with Crippen molar-refractivity contribution in [3.05, 3.63) is 101 Å². The van der Waals surface area contributed by atoms with Crippen molar-refractivity contribution in [2.45, 2.75) is 45.5 Å². The van der Waals surface area contributed by atoms with E-state index in [1.807, 2.05) is 67.6 Å². The van der Waals surface area contributed by atoms with Crippen LogP contribution >= 0.6 is 0 Å². The van der Waals surface area contributed by atoms with E-state index >= 15 is 0 Å². The van der Waals surface area contributed by atoms with Crippen LogP contribution in [0.1, 0.15) is 46.1 Å². The normalized spacial score (nSPS) is 16.5. The van der Waals surface area contributed by atoms with Gasteiger partial charge in [0.25, 0.3) is 5.91 Å². The Kier molecular flexibility index (Phi) is 7.19. The van der Waals surface area contributed by atoms with E-state index in [2.05, 4.69) is 4.57 Å². The predicted octanol–water partition coefficient (Wildman–Crippen LogP) is 3.89. The minimum Gasteiger partial charge on any atom is -0.489 e. The van der Waals surface area contributed by atoms with Crippen LogP contribution < -0.4 is 10.2 Å². The largest absolute Gasteiger partial charge is 0.489 e. The van der Waals surface area contributed by atoms with Gasteiger partial charge in [-0.2, -0.15) is 0 Å². The van der Waals surface area contributed by atoms with Crippen LogP contribution in [0, 0.1) is 0 Å². The number of ether oxygens (including phenoxy) is 1. The van der Waals surface area contributed by atoms with E-state index in [1.54, 1.807) is 27.4 Å². The lowest BCUT2D eigenvalue weighted by atomic mass is 9.93. The lowest BCUT2D eigenvalue weighted by molar-refractivity contribution is -0.157. The number of fused-ring (bicyclic) bond motifs is 4. The van der Waals surface area contributed by atoms with Gasteiger partial charge in [-0.1, -0.05) is 49.4 Å². The Labute approximate surface area is 237 Å². The summed E-state index contributed by atoms with van der Waals surface area (Å²) in [4.78, 5) is 41.8. The Morgan fingerprint density at radius 1 is 1.00 bits per heavy atom. The highest BCUT2D eigenvalue weighted by molar-refractivity contribution is 5.97. The van der Waals surface area contributed by atoms with Crippen LogP contribution in [0.5, 0.6) is 5.75 Å². The maximum Gasteiger partial charge on any atom is 0.274 e. The van der Waals surface area contributed by atoms with Crippen LogP contribution in [-0.2, 0) is 35.7 Å². The van der Waals surface area contributed by atoms with Gasteiger partial charge < -0.3 is 19.1 Å². The van der Waals surface area contributed by atoms with Crippen LogP contribution in [0.4, 0.5) is 0 Å². The van der Waals surface area contributed by atoms with E-state index in [4.69, 9.17) is 9.94 Å². The van der Waals surface area contributed by atoms with E-state index in [1.165, 1.54) is 0 Å². The molecule has 2 N–H and O–H groups in total. The molecule has 3 heterocycles. The molecule has 1 aromatic heterocycles. The summed E-state index contributed by atoms with van der Waals surface area (Å²) in [6, 6.07) is 22.5. The average Bonchev–Trinajstić information content (AvgIpc) is 3.30. The summed E-state index contributed by atoms with van der Waals surface area (Å²) in [5, 5.41) is 9.96. The molecule has 1 saturated heterocycles. The van der Waals surface area contributed by atoms with Gasteiger partial charge in [0.15, 0.2) is 0 Å². The molecule has 0 saturated carbocycles. The second-order valence-corrected chi connectivity index (χ2v) is 10.6. The molecule has 210 valence electrons. The molecule has 2 aliphatic heterocycles. The molecule has 0 aliphatic carbocycles. The third-order valence-corrected chi connectivity index (χ3v) is 8.00. The molecule has 9 nitrogen and oxygen atoms in total. The first kappa shape index (κ1) is 26.6. The van der Waals surface area contributed by atoms with E-state index in [0.717, 1.165) is 45.5 Å². The number of hydroxylamine groups is 1. The van der Waals surface area contributed by atoms with Crippen molar-refractivity contribution in [1.29, 1.82) is 0 Å². The molecule has 3 aromatic carbocycles. The number of aromatic nitrogens is 1. The van der Waals surface area contributed by atoms with Crippen molar-refractivity contribution < 1.29 is 24.3 Å². The van der Waals surface area contributed by atoms with Crippen molar-refractivity contribution >= 4 is 28.6 Å². The van der Waals surface area contributed by atoms with Crippen molar-refractivity contribution in [1.82, 2.24) is 19.8 Å². The fourth-order valence-corrected chi connectivity index (χ4v) is 5.94. The number of carbonyl (C=O) groups is 3. The van der Waals surface area contributed by atoms with Gasteiger partial charge in [-0.15, -0.1) is 0 Å². The number of nitrogens with zero attached hydrogens (tertiary/aromatic N) is 3. The van der Waals surface area contributed by atoms with E-state index < -0.39 is 11.9 Å². The Balaban J connectivity index is 1.39. The highest BCUT2D eigenvalue weighted by Crippen LogP contribution is 2.37. The van der Waals surface area contributed by atoms with E-state index in [-0.39, 0.29) is 18.4 Å². The Hall–Kier alpha value is -4.63. The Morgan fingerprint density at radius 3 is 2.51 bits per heavy atom. The first-order valence-electron chi connectivity index (χ1n) is 13.9. The third kappa shape index (κ3) is 5.04. The first-order chi connectivity index (χ1) is 20.0. The molecule has 6 rings (SSSR count). The van der Waals surface area contributed by atoms with Crippen molar-refractivity contribution in [3.8, 4) is 5.75 Å². The molecule has 1 fully saturated rings. The maximum atomic E-state index is 13.4. The first-order valence-corrected chi connectivity index (χ1v) is 13.9. The van der Waals surface area contributed by atoms with Gasteiger partial charge in [0.1, 0.15) is 18.4 Å². The van der Waals surface area contributed by atoms with Crippen LogP contribution in [-0.4, -0.2) is 56.4 Å². The number of amides is 3. The summed E-state index contributed by atoms with van der Waals surface area (Å²) in [5.41, 5.74) is 7.09. The standard InChI is InChI=1S/C32H32N4O5/c1-2-14-34-19-30(37)36-18-29-26(16-28(36)32(34)39)25-15-24(41-20-22-6-4-3-5-7-22)12-13-27(25)35(29)17-21-8-10-23(11-9-21)31(38)33-40/h3-13,15,28,40H,2,14,16-20H2,1H3,(H,33,38). The lowest BCUT2D eigenvalue weighted by Crippen LogP contribution is -2.61. The van der Waals surface area contributed by atoms with Gasteiger partial charge >= 0.3 is 0 Å². The minimum atomic E-state index is -0.570. The van der Waals surface area contributed by atoms with Gasteiger partial charge in [-0.05, 0) is 53.4 Å². The summed E-state index contributed by atoms with van der Waals surface area (Å²) in [6.45, 7) is 4.01. The fourth-order valence-electron chi connectivity index (χ4n) is 5.94. The molecular weight excluding hydrogens is 520 g/mol. The van der Waals surface area contributed by atoms with Crippen LogP contribution in [0.3, 0.4) is 0 Å². The van der Waals surface area contributed by atoms with Crippen molar-refractivity contribution in [3.63, 3.8) is 0 Å². The molecule has 0 spiro atoms.